The third-order valence-corrected chi connectivity index (χ3v) is 2.31. The summed E-state index contributed by atoms with van der Waals surface area (Å²) in [5.41, 5.74) is 1.86. The van der Waals surface area contributed by atoms with E-state index in [9.17, 15) is 4.79 Å². The fourth-order valence-electron chi connectivity index (χ4n) is 1.46. The lowest BCUT2D eigenvalue weighted by atomic mass is 10.1. The summed E-state index contributed by atoms with van der Waals surface area (Å²) in [5.74, 6) is -0.592. The van der Waals surface area contributed by atoms with Gasteiger partial charge in [0.25, 0.3) is 0 Å². The molecule has 2 rings (SSSR count). The molecule has 1 heterocycles. The van der Waals surface area contributed by atoms with Crippen molar-refractivity contribution >= 4 is 5.97 Å². The van der Waals surface area contributed by atoms with Crippen LogP contribution in [0.5, 0.6) is 0 Å². The van der Waals surface area contributed by atoms with E-state index in [-0.39, 0.29) is 5.82 Å². The summed E-state index contributed by atoms with van der Waals surface area (Å²) in [6.45, 7) is 0. The molecule has 0 N–H and O–H groups in total. The molecule has 18 heavy (non-hydrogen) atoms. The minimum atomic E-state index is -0.590. The van der Waals surface area contributed by atoms with E-state index in [0.29, 0.717) is 11.3 Å². The van der Waals surface area contributed by atoms with Gasteiger partial charge in [-0.05, 0) is 18.2 Å². The van der Waals surface area contributed by atoms with Crippen molar-refractivity contribution in [3.8, 4) is 17.3 Å². The summed E-state index contributed by atoms with van der Waals surface area (Å²) in [6, 6.07) is 10.7. The van der Waals surface area contributed by atoms with Crippen LogP contribution in [0.1, 0.15) is 16.2 Å². The van der Waals surface area contributed by atoms with Gasteiger partial charge >= 0.3 is 5.97 Å². The number of carbonyl (C=O) groups is 1. The Kier molecular flexibility index (Phi) is 3.30. The average molecular weight is 239 g/mol. The molecule has 0 amide bonds. The Morgan fingerprint density at radius 1 is 1.39 bits per heavy atom. The maximum Gasteiger partial charge on any atom is 0.376 e. The second-order valence-corrected chi connectivity index (χ2v) is 3.45. The van der Waals surface area contributed by atoms with Crippen molar-refractivity contribution in [3.63, 3.8) is 0 Å². The summed E-state index contributed by atoms with van der Waals surface area (Å²) in [7, 11) is 1.27. The van der Waals surface area contributed by atoms with Gasteiger partial charge in [0, 0.05) is 11.8 Å². The van der Waals surface area contributed by atoms with Crippen LogP contribution in [0.25, 0.3) is 11.3 Å². The molecule has 5 nitrogen and oxygen atoms in total. The Morgan fingerprint density at radius 2 is 2.22 bits per heavy atom. The summed E-state index contributed by atoms with van der Waals surface area (Å²) in [6.07, 6.45) is 1.48. The van der Waals surface area contributed by atoms with Crippen LogP contribution < -0.4 is 0 Å². The van der Waals surface area contributed by atoms with Crippen molar-refractivity contribution in [2.75, 3.05) is 7.11 Å². The van der Waals surface area contributed by atoms with Crippen molar-refractivity contribution in [1.29, 1.82) is 5.26 Å². The molecule has 0 unspecified atom stereocenters. The summed E-state index contributed by atoms with van der Waals surface area (Å²) in [4.78, 5) is 19.2. The maximum atomic E-state index is 11.3. The van der Waals surface area contributed by atoms with Crippen LogP contribution in [0.4, 0.5) is 0 Å². The van der Waals surface area contributed by atoms with Gasteiger partial charge in [-0.2, -0.15) is 5.26 Å². The topological polar surface area (TPSA) is 75.9 Å². The van der Waals surface area contributed by atoms with E-state index in [1.807, 2.05) is 6.07 Å². The molecule has 0 atom stereocenters. The first kappa shape index (κ1) is 11.7. The fourth-order valence-corrected chi connectivity index (χ4v) is 1.46. The highest BCUT2D eigenvalue weighted by Crippen LogP contribution is 2.17. The van der Waals surface area contributed by atoms with Gasteiger partial charge in [-0.15, -0.1) is 0 Å². The van der Waals surface area contributed by atoms with Gasteiger partial charge < -0.3 is 4.74 Å². The van der Waals surface area contributed by atoms with Gasteiger partial charge in [-0.1, -0.05) is 12.1 Å². The number of hydrogen-bond donors (Lipinski definition) is 0. The quantitative estimate of drug-likeness (QED) is 0.747. The zero-order valence-electron chi connectivity index (χ0n) is 9.62. The lowest BCUT2D eigenvalue weighted by molar-refractivity contribution is 0.0587. The molecule has 0 spiro atoms. The summed E-state index contributed by atoms with van der Waals surface area (Å²) < 4.78 is 4.56. The molecule has 0 aliphatic rings. The van der Waals surface area contributed by atoms with Crippen LogP contribution in [0.15, 0.2) is 36.5 Å². The second kappa shape index (κ2) is 5.06. The van der Waals surface area contributed by atoms with Crippen molar-refractivity contribution in [2.45, 2.75) is 0 Å². The van der Waals surface area contributed by atoms with E-state index in [2.05, 4.69) is 20.8 Å². The first-order valence-corrected chi connectivity index (χ1v) is 5.16. The molecule has 1 aromatic heterocycles. The Bertz CT molecular complexity index is 632. The van der Waals surface area contributed by atoms with Gasteiger partial charge in [0.2, 0.25) is 5.82 Å². The van der Waals surface area contributed by atoms with Gasteiger partial charge in [-0.25, -0.2) is 14.8 Å². The lowest BCUT2D eigenvalue weighted by Crippen LogP contribution is -2.07. The van der Waals surface area contributed by atoms with E-state index in [1.54, 1.807) is 24.3 Å². The number of nitriles is 1. The molecule has 2 aromatic rings. The fraction of sp³-hybridized carbons (Fsp3) is 0.0769. The van der Waals surface area contributed by atoms with Crippen LogP contribution >= 0.6 is 0 Å². The molecule has 0 radical (unpaired) electrons. The highest BCUT2D eigenvalue weighted by Gasteiger charge is 2.10. The zero-order chi connectivity index (χ0) is 13.0. The predicted octanol–water partition coefficient (Wildman–Crippen LogP) is 1.80. The van der Waals surface area contributed by atoms with Crippen molar-refractivity contribution in [3.05, 3.63) is 47.9 Å². The monoisotopic (exact) mass is 239 g/mol. The van der Waals surface area contributed by atoms with E-state index in [1.165, 1.54) is 13.3 Å². The van der Waals surface area contributed by atoms with E-state index < -0.39 is 5.97 Å². The number of nitrogens with zero attached hydrogens (tertiary/aromatic N) is 3. The largest absolute Gasteiger partial charge is 0.463 e. The predicted molar refractivity (Wildman–Crippen MR) is 63.5 cm³/mol. The molecule has 0 bridgehead atoms. The molecule has 0 saturated heterocycles. The average Bonchev–Trinajstić information content (AvgIpc) is 2.46. The normalized spacial score (nSPS) is 9.56. The van der Waals surface area contributed by atoms with Gasteiger partial charge in [0.05, 0.1) is 24.4 Å². The van der Waals surface area contributed by atoms with Crippen molar-refractivity contribution in [2.24, 2.45) is 0 Å². The zero-order valence-corrected chi connectivity index (χ0v) is 9.62. The third-order valence-electron chi connectivity index (χ3n) is 2.31. The summed E-state index contributed by atoms with van der Waals surface area (Å²) in [5, 5.41) is 8.83. The highest BCUT2D eigenvalue weighted by atomic mass is 16.5. The molecule has 5 heteroatoms. The van der Waals surface area contributed by atoms with Gasteiger partial charge in [0.1, 0.15) is 0 Å². The highest BCUT2D eigenvalue weighted by molar-refractivity contribution is 5.85. The number of benzene rings is 1. The molecule has 0 fully saturated rings. The molecular formula is C13H9N3O2. The number of methoxy groups -OCH3 is 1. The number of ether oxygens (including phenoxy) is 1. The van der Waals surface area contributed by atoms with Crippen LogP contribution in [-0.4, -0.2) is 23.0 Å². The molecule has 0 aliphatic heterocycles. The SMILES string of the molecule is COC(=O)c1nccc(-c2cccc(C#N)c2)n1. The Labute approximate surface area is 104 Å². The number of hydrogen-bond acceptors (Lipinski definition) is 5. The first-order valence-electron chi connectivity index (χ1n) is 5.16. The Balaban J connectivity index is 2.45. The molecule has 1 aromatic carbocycles. The van der Waals surface area contributed by atoms with E-state index in [4.69, 9.17) is 5.26 Å². The first-order chi connectivity index (χ1) is 8.74. The molecule has 88 valence electrons. The standard InChI is InChI=1S/C13H9N3O2/c1-18-13(17)12-15-6-5-11(16-12)10-4-2-3-9(7-10)8-14/h2-7H,1H3. The molecule has 0 aliphatic carbocycles. The van der Waals surface area contributed by atoms with Crippen LogP contribution in [-0.2, 0) is 4.74 Å². The number of aromatic nitrogens is 2. The smallest absolute Gasteiger partial charge is 0.376 e. The Hall–Kier alpha value is -2.74. The van der Waals surface area contributed by atoms with Crippen molar-refractivity contribution in [1.82, 2.24) is 9.97 Å². The summed E-state index contributed by atoms with van der Waals surface area (Å²) >= 11 is 0. The molecular weight excluding hydrogens is 230 g/mol. The van der Waals surface area contributed by atoms with Crippen LogP contribution in [0.3, 0.4) is 0 Å². The van der Waals surface area contributed by atoms with Crippen LogP contribution in [0.2, 0.25) is 0 Å². The lowest BCUT2D eigenvalue weighted by Gasteiger charge is -2.02. The number of carbonyl (C=O) groups excluding carboxylic acids is 1. The second-order valence-electron chi connectivity index (χ2n) is 3.45. The van der Waals surface area contributed by atoms with Crippen molar-refractivity contribution < 1.29 is 9.53 Å². The molecule has 0 saturated carbocycles. The Morgan fingerprint density at radius 3 is 2.94 bits per heavy atom. The minimum absolute atomic E-state index is 0.00244. The van der Waals surface area contributed by atoms with Gasteiger partial charge in [-0.3, -0.25) is 0 Å². The van der Waals surface area contributed by atoms with E-state index in [0.717, 1.165) is 5.56 Å². The number of rotatable bonds is 2. The maximum absolute atomic E-state index is 11.3. The number of esters is 1. The van der Waals surface area contributed by atoms with Gasteiger partial charge in [0.15, 0.2) is 0 Å². The minimum Gasteiger partial charge on any atom is -0.463 e. The van der Waals surface area contributed by atoms with E-state index >= 15 is 0 Å². The van der Waals surface area contributed by atoms with Crippen LogP contribution in [0, 0.1) is 11.3 Å². The third kappa shape index (κ3) is 2.33.